The van der Waals surface area contributed by atoms with Gasteiger partial charge < -0.3 is 10.3 Å². The summed E-state index contributed by atoms with van der Waals surface area (Å²) >= 11 is 0. The monoisotopic (exact) mass is 233 g/mol. The van der Waals surface area contributed by atoms with Crippen LogP contribution in [0.15, 0.2) is 0 Å². The number of nitrogens with zero attached hydrogens (tertiary/aromatic N) is 1. The number of imidazole rings is 1. The molecule has 1 aliphatic carbocycles. The van der Waals surface area contributed by atoms with Crippen LogP contribution in [0.1, 0.15) is 68.1 Å². The highest BCUT2D eigenvalue weighted by molar-refractivity contribution is 5.22. The summed E-state index contributed by atoms with van der Waals surface area (Å²) in [5.41, 5.74) is 2.80. The lowest BCUT2D eigenvalue weighted by Gasteiger charge is -2.25. The molecular weight excluding hydrogens is 210 g/mol. The lowest BCUT2D eigenvalue weighted by molar-refractivity contribution is 0.423. The molecule has 0 radical (unpaired) electrons. The maximum Gasteiger partial charge on any atom is 0.112 e. The number of H-pyrrole nitrogens is 1. The lowest BCUT2D eigenvalue weighted by Crippen LogP contribution is -2.40. The second-order valence-electron chi connectivity index (χ2n) is 5.53. The van der Waals surface area contributed by atoms with Gasteiger partial charge in [0.25, 0.3) is 0 Å². The predicted octanol–water partition coefficient (Wildman–Crippen LogP) is 2.71. The largest absolute Gasteiger partial charge is 0.345 e. The SMILES string of the molecule is CCc1[nH]c(C2CNC2)nc1C1CCCCC1. The lowest BCUT2D eigenvalue weighted by atomic mass is 9.86. The molecule has 2 aliphatic rings. The summed E-state index contributed by atoms with van der Waals surface area (Å²) in [6.45, 7) is 4.43. The van der Waals surface area contributed by atoms with Gasteiger partial charge in [-0.2, -0.15) is 0 Å². The second-order valence-corrected chi connectivity index (χ2v) is 5.53. The van der Waals surface area contributed by atoms with Crippen molar-refractivity contribution in [3.05, 3.63) is 17.2 Å². The van der Waals surface area contributed by atoms with Gasteiger partial charge in [-0.3, -0.25) is 0 Å². The number of aromatic amines is 1. The third-order valence-electron chi connectivity index (χ3n) is 4.34. The molecule has 0 amide bonds. The van der Waals surface area contributed by atoms with Crippen LogP contribution in [-0.2, 0) is 6.42 Å². The minimum atomic E-state index is 0.637. The zero-order valence-corrected chi connectivity index (χ0v) is 10.8. The molecule has 94 valence electrons. The first-order chi connectivity index (χ1) is 8.38. The van der Waals surface area contributed by atoms with Gasteiger partial charge in [0.1, 0.15) is 5.82 Å². The molecule has 1 aromatic heterocycles. The topological polar surface area (TPSA) is 40.7 Å². The molecular formula is C14H23N3. The van der Waals surface area contributed by atoms with E-state index in [-0.39, 0.29) is 0 Å². The van der Waals surface area contributed by atoms with E-state index in [9.17, 15) is 0 Å². The van der Waals surface area contributed by atoms with Gasteiger partial charge in [0, 0.05) is 30.6 Å². The van der Waals surface area contributed by atoms with E-state index in [2.05, 4.69) is 17.2 Å². The summed E-state index contributed by atoms with van der Waals surface area (Å²) < 4.78 is 0. The zero-order chi connectivity index (χ0) is 11.7. The minimum absolute atomic E-state index is 0.637. The van der Waals surface area contributed by atoms with Crippen LogP contribution >= 0.6 is 0 Å². The Kier molecular flexibility index (Phi) is 3.19. The zero-order valence-electron chi connectivity index (χ0n) is 10.8. The molecule has 0 spiro atoms. The van der Waals surface area contributed by atoms with Gasteiger partial charge in [0.2, 0.25) is 0 Å². The normalized spacial score (nSPS) is 22.6. The molecule has 3 heteroatoms. The highest BCUT2D eigenvalue weighted by Crippen LogP contribution is 2.34. The van der Waals surface area contributed by atoms with E-state index in [1.54, 1.807) is 0 Å². The minimum Gasteiger partial charge on any atom is -0.345 e. The smallest absolute Gasteiger partial charge is 0.112 e. The van der Waals surface area contributed by atoms with E-state index in [1.807, 2.05) is 0 Å². The van der Waals surface area contributed by atoms with E-state index in [1.165, 1.54) is 49.3 Å². The molecule has 2 fully saturated rings. The van der Waals surface area contributed by atoms with E-state index in [0.717, 1.165) is 25.4 Å². The molecule has 1 aromatic rings. The first-order valence-electron chi connectivity index (χ1n) is 7.18. The first kappa shape index (κ1) is 11.3. The Hall–Kier alpha value is -0.830. The summed E-state index contributed by atoms with van der Waals surface area (Å²) in [6, 6.07) is 0. The number of rotatable bonds is 3. The third-order valence-corrected chi connectivity index (χ3v) is 4.34. The van der Waals surface area contributed by atoms with E-state index >= 15 is 0 Å². The van der Waals surface area contributed by atoms with Crippen LogP contribution in [-0.4, -0.2) is 23.1 Å². The Morgan fingerprint density at radius 1 is 1.12 bits per heavy atom. The first-order valence-corrected chi connectivity index (χ1v) is 7.18. The van der Waals surface area contributed by atoms with Crippen LogP contribution < -0.4 is 5.32 Å². The van der Waals surface area contributed by atoms with Crippen LogP contribution in [0.4, 0.5) is 0 Å². The van der Waals surface area contributed by atoms with Crippen molar-refractivity contribution in [2.45, 2.75) is 57.3 Å². The van der Waals surface area contributed by atoms with Crippen molar-refractivity contribution >= 4 is 0 Å². The number of hydrogen-bond donors (Lipinski definition) is 2. The third kappa shape index (κ3) is 2.13. The van der Waals surface area contributed by atoms with Crippen molar-refractivity contribution in [2.75, 3.05) is 13.1 Å². The van der Waals surface area contributed by atoms with Gasteiger partial charge in [-0.15, -0.1) is 0 Å². The molecule has 0 aromatic carbocycles. The average molecular weight is 233 g/mol. The molecule has 3 rings (SSSR count). The van der Waals surface area contributed by atoms with Crippen LogP contribution in [0.3, 0.4) is 0 Å². The molecule has 1 saturated heterocycles. The van der Waals surface area contributed by atoms with Crippen LogP contribution in [0.2, 0.25) is 0 Å². The van der Waals surface area contributed by atoms with Gasteiger partial charge >= 0.3 is 0 Å². The highest BCUT2D eigenvalue weighted by atomic mass is 15.0. The summed E-state index contributed by atoms with van der Waals surface area (Å²) in [4.78, 5) is 8.51. The number of hydrogen-bond acceptors (Lipinski definition) is 2. The van der Waals surface area contributed by atoms with Crippen molar-refractivity contribution in [3.8, 4) is 0 Å². The Morgan fingerprint density at radius 2 is 1.88 bits per heavy atom. The van der Waals surface area contributed by atoms with E-state index in [0.29, 0.717) is 5.92 Å². The molecule has 1 saturated carbocycles. The van der Waals surface area contributed by atoms with Crippen molar-refractivity contribution in [2.24, 2.45) is 0 Å². The fourth-order valence-electron chi connectivity index (χ4n) is 3.10. The molecule has 2 N–H and O–H groups in total. The molecule has 0 bridgehead atoms. The van der Waals surface area contributed by atoms with Gasteiger partial charge in [-0.25, -0.2) is 4.98 Å². The Bertz CT molecular complexity index is 373. The molecule has 2 heterocycles. The van der Waals surface area contributed by atoms with Crippen molar-refractivity contribution in [1.29, 1.82) is 0 Å². The maximum atomic E-state index is 4.93. The molecule has 17 heavy (non-hydrogen) atoms. The highest BCUT2D eigenvalue weighted by Gasteiger charge is 2.26. The number of aromatic nitrogens is 2. The predicted molar refractivity (Wildman–Crippen MR) is 69.4 cm³/mol. The summed E-state index contributed by atoms with van der Waals surface area (Å²) in [5, 5.41) is 3.33. The van der Waals surface area contributed by atoms with Crippen LogP contribution in [0.5, 0.6) is 0 Å². The molecule has 3 nitrogen and oxygen atoms in total. The van der Waals surface area contributed by atoms with Crippen molar-refractivity contribution in [1.82, 2.24) is 15.3 Å². The Labute approximate surface area is 103 Å². The average Bonchev–Trinajstić information content (AvgIpc) is 2.72. The fraction of sp³-hybridized carbons (Fsp3) is 0.786. The van der Waals surface area contributed by atoms with Crippen LogP contribution in [0.25, 0.3) is 0 Å². The fourth-order valence-corrected chi connectivity index (χ4v) is 3.10. The van der Waals surface area contributed by atoms with Crippen molar-refractivity contribution < 1.29 is 0 Å². The Morgan fingerprint density at radius 3 is 2.47 bits per heavy atom. The Balaban J connectivity index is 1.83. The standard InChI is InChI=1S/C14H23N3/c1-2-12-13(10-6-4-3-5-7-10)17-14(16-12)11-8-15-9-11/h10-11,15H,2-9H2,1H3,(H,16,17). The van der Waals surface area contributed by atoms with E-state index in [4.69, 9.17) is 4.98 Å². The quantitative estimate of drug-likeness (QED) is 0.842. The van der Waals surface area contributed by atoms with Gasteiger partial charge in [0.05, 0.1) is 5.69 Å². The summed E-state index contributed by atoms with van der Waals surface area (Å²) in [7, 11) is 0. The van der Waals surface area contributed by atoms with Gasteiger partial charge in [0.15, 0.2) is 0 Å². The molecule has 0 atom stereocenters. The number of aryl methyl sites for hydroxylation is 1. The van der Waals surface area contributed by atoms with Gasteiger partial charge in [-0.05, 0) is 19.3 Å². The van der Waals surface area contributed by atoms with Gasteiger partial charge in [-0.1, -0.05) is 26.2 Å². The van der Waals surface area contributed by atoms with Crippen LogP contribution in [0, 0.1) is 0 Å². The van der Waals surface area contributed by atoms with Crippen molar-refractivity contribution in [3.63, 3.8) is 0 Å². The maximum absolute atomic E-state index is 4.93. The summed E-state index contributed by atoms with van der Waals surface area (Å²) in [5.74, 6) is 2.61. The number of nitrogens with one attached hydrogen (secondary N) is 2. The van der Waals surface area contributed by atoms with E-state index < -0.39 is 0 Å². The molecule has 1 aliphatic heterocycles. The second kappa shape index (κ2) is 4.81. The summed E-state index contributed by atoms with van der Waals surface area (Å²) in [6.07, 6.45) is 7.99. The molecule has 0 unspecified atom stereocenters.